The van der Waals surface area contributed by atoms with Crippen LogP contribution < -0.4 is 16.4 Å². The van der Waals surface area contributed by atoms with E-state index in [0.29, 0.717) is 0 Å². The summed E-state index contributed by atoms with van der Waals surface area (Å²) in [5.41, 5.74) is 6.52. The Morgan fingerprint density at radius 3 is 2.32 bits per heavy atom. The summed E-state index contributed by atoms with van der Waals surface area (Å²) < 4.78 is 0. The van der Waals surface area contributed by atoms with Gasteiger partial charge in [0, 0.05) is 0 Å². The fourth-order valence-electron chi connectivity index (χ4n) is 1.68. The Labute approximate surface area is 127 Å². The number of carboxylic acid groups (broad SMARTS) is 1. The summed E-state index contributed by atoms with van der Waals surface area (Å²) in [6.07, 6.45) is 0.246. The van der Waals surface area contributed by atoms with E-state index in [1.807, 2.05) is 0 Å². The molecule has 1 rings (SSSR count). The molecule has 2 atom stereocenters. The van der Waals surface area contributed by atoms with E-state index in [2.05, 4.69) is 10.6 Å². The van der Waals surface area contributed by atoms with E-state index in [1.165, 1.54) is 19.1 Å². The van der Waals surface area contributed by atoms with Crippen molar-refractivity contribution in [3.05, 3.63) is 29.8 Å². The van der Waals surface area contributed by atoms with Crippen LogP contribution in [0.1, 0.15) is 12.5 Å². The second-order valence-electron chi connectivity index (χ2n) is 4.82. The molecule has 22 heavy (non-hydrogen) atoms. The van der Waals surface area contributed by atoms with E-state index in [1.54, 1.807) is 12.1 Å². The van der Waals surface area contributed by atoms with Gasteiger partial charge in [0.1, 0.15) is 18.3 Å². The molecule has 0 aliphatic rings. The van der Waals surface area contributed by atoms with Gasteiger partial charge in [-0.15, -0.1) is 0 Å². The van der Waals surface area contributed by atoms with Gasteiger partial charge in [0.25, 0.3) is 0 Å². The van der Waals surface area contributed by atoms with Gasteiger partial charge in [-0.3, -0.25) is 14.4 Å². The highest BCUT2D eigenvalue weighted by molar-refractivity contribution is 5.90. The number of nitrogens with two attached hydrogens (primary N) is 1. The van der Waals surface area contributed by atoms with E-state index in [9.17, 15) is 19.5 Å². The minimum atomic E-state index is -1.17. The molecule has 0 saturated heterocycles. The molecule has 0 bridgehead atoms. The molecule has 6 N–H and O–H groups in total. The van der Waals surface area contributed by atoms with Crippen molar-refractivity contribution in [1.82, 2.24) is 10.6 Å². The number of rotatable bonds is 7. The Kier molecular flexibility index (Phi) is 6.33. The smallest absolute Gasteiger partial charge is 0.322 e. The highest BCUT2D eigenvalue weighted by Crippen LogP contribution is 2.10. The number of hydrogen-bond donors (Lipinski definition) is 5. The van der Waals surface area contributed by atoms with Crippen molar-refractivity contribution in [1.29, 1.82) is 0 Å². The zero-order chi connectivity index (χ0) is 16.7. The minimum Gasteiger partial charge on any atom is -0.508 e. The third kappa shape index (κ3) is 5.80. The van der Waals surface area contributed by atoms with Crippen molar-refractivity contribution in [3.8, 4) is 5.75 Å². The van der Waals surface area contributed by atoms with Crippen LogP contribution >= 0.6 is 0 Å². The molecule has 120 valence electrons. The first-order valence-corrected chi connectivity index (χ1v) is 6.63. The van der Waals surface area contributed by atoms with Gasteiger partial charge < -0.3 is 26.6 Å². The first kappa shape index (κ1) is 17.4. The molecule has 0 spiro atoms. The lowest BCUT2D eigenvalue weighted by Gasteiger charge is -2.17. The van der Waals surface area contributed by atoms with Crippen molar-refractivity contribution in [2.45, 2.75) is 25.4 Å². The highest BCUT2D eigenvalue weighted by Gasteiger charge is 2.20. The van der Waals surface area contributed by atoms with Crippen LogP contribution in [0.4, 0.5) is 0 Å². The van der Waals surface area contributed by atoms with Crippen LogP contribution in [0.5, 0.6) is 5.75 Å². The lowest BCUT2D eigenvalue weighted by Crippen LogP contribution is -2.51. The lowest BCUT2D eigenvalue weighted by atomic mass is 10.1. The van der Waals surface area contributed by atoms with Gasteiger partial charge in [-0.1, -0.05) is 12.1 Å². The lowest BCUT2D eigenvalue weighted by molar-refractivity contribution is -0.138. The predicted molar refractivity (Wildman–Crippen MR) is 78.0 cm³/mol. The number of phenolic OH excluding ortho intramolecular Hbond substituents is 1. The Morgan fingerprint density at radius 2 is 1.77 bits per heavy atom. The highest BCUT2D eigenvalue weighted by atomic mass is 16.4. The van der Waals surface area contributed by atoms with Crippen molar-refractivity contribution < 1.29 is 24.6 Å². The SMILES string of the molecule is CC(NC(=O)C(N)Cc1ccc(O)cc1)C(=O)NCC(=O)O. The molecule has 1 aromatic carbocycles. The first-order chi connectivity index (χ1) is 10.3. The average molecular weight is 309 g/mol. The number of nitrogens with one attached hydrogen (secondary N) is 2. The molecule has 0 fully saturated rings. The van der Waals surface area contributed by atoms with Crippen LogP contribution in [0.3, 0.4) is 0 Å². The summed E-state index contributed by atoms with van der Waals surface area (Å²) in [7, 11) is 0. The first-order valence-electron chi connectivity index (χ1n) is 6.63. The van der Waals surface area contributed by atoms with E-state index >= 15 is 0 Å². The van der Waals surface area contributed by atoms with E-state index in [-0.39, 0.29) is 12.2 Å². The van der Waals surface area contributed by atoms with Crippen molar-refractivity contribution in [2.75, 3.05) is 6.54 Å². The zero-order valence-corrected chi connectivity index (χ0v) is 12.1. The molecular weight excluding hydrogens is 290 g/mol. The van der Waals surface area contributed by atoms with E-state index in [0.717, 1.165) is 5.56 Å². The minimum absolute atomic E-state index is 0.116. The summed E-state index contributed by atoms with van der Waals surface area (Å²) in [6.45, 7) is 0.918. The molecule has 0 radical (unpaired) electrons. The van der Waals surface area contributed by atoms with Crippen LogP contribution in [0.25, 0.3) is 0 Å². The van der Waals surface area contributed by atoms with Gasteiger partial charge in [-0.2, -0.15) is 0 Å². The largest absolute Gasteiger partial charge is 0.508 e. The maximum absolute atomic E-state index is 11.9. The number of hydrogen-bond acceptors (Lipinski definition) is 5. The monoisotopic (exact) mass is 309 g/mol. The van der Waals surface area contributed by atoms with Gasteiger partial charge in [0.05, 0.1) is 6.04 Å². The zero-order valence-electron chi connectivity index (χ0n) is 12.1. The molecule has 0 aromatic heterocycles. The van der Waals surface area contributed by atoms with Crippen LogP contribution in [0, 0.1) is 0 Å². The second kappa shape index (κ2) is 7.99. The van der Waals surface area contributed by atoms with Gasteiger partial charge in [0.15, 0.2) is 0 Å². The molecule has 0 saturated carbocycles. The van der Waals surface area contributed by atoms with Crippen molar-refractivity contribution in [3.63, 3.8) is 0 Å². The Bertz CT molecular complexity index is 544. The predicted octanol–water partition coefficient (Wildman–Crippen LogP) is -1.03. The number of carbonyl (C=O) groups is 3. The van der Waals surface area contributed by atoms with Gasteiger partial charge in [-0.05, 0) is 31.0 Å². The number of aromatic hydroxyl groups is 1. The summed E-state index contributed by atoms with van der Waals surface area (Å²) in [6, 6.07) is 4.51. The van der Waals surface area contributed by atoms with Gasteiger partial charge >= 0.3 is 5.97 Å². The van der Waals surface area contributed by atoms with Crippen LogP contribution in [0.15, 0.2) is 24.3 Å². The number of benzene rings is 1. The molecule has 8 heteroatoms. The number of amides is 2. The fraction of sp³-hybridized carbons (Fsp3) is 0.357. The van der Waals surface area contributed by atoms with Crippen molar-refractivity contribution >= 4 is 17.8 Å². The van der Waals surface area contributed by atoms with E-state index in [4.69, 9.17) is 10.8 Å². The molecule has 2 unspecified atom stereocenters. The Balaban J connectivity index is 2.47. The summed E-state index contributed by atoms with van der Waals surface area (Å²) >= 11 is 0. The Hall–Kier alpha value is -2.61. The standard InChI is InChI=1S/C14H19N3O5/c1-8(13(21)16-7-12(19)20)17-14(22)11(15)6-9-2-4-10(18)5-3-9/h2-5,8,11,18H,6-7,15H2,1H3,(H,16,21)(H,17,22)(H,19,20). The van der Waals surface area contributed by atoms with Gasteiger partial charge in [0.2, 0.25) is 11.8 Å². The molecule has 0 heterocycles. The summed E-state index contributed by atoms with van der Waals surface area (Å²) in [5.74, 6) is -2.18. The Morgan fingerprint density at radius 1 is 1.18 bits per heavy atom. The molecule has 1 aromatic rings. The van der Waals surface area contributed by atoms with Gasteiger partial charge in [-0.25, -0.2) is 0 Å². The third-order valence-corrected chi connectivity index (χ3v) is 2.89. The number of carbonyl (C=O) groups excluding carboxylic acids is 2. The third-order valence-electron chi connectivity index (χ3n) is 2.89. The molecular formula is C14H19N3O5. The average Bonchev–Trinajstić information content (AvgIpc) is 2.46. The van der Waals surface area contributed by atoms with Crippen molar-refractivity contribution in [2.24, 2.45) is 5.73 Å². The van der Waals surface area contributed by atoms with E-state index < -0.39 is 36.4 Å². The number of aliphatic carboxylic acids is 1. The van der Waals surface area contributed by atoms with Crippen LogP contribution in [0.2, 0.25) is 0 Å². The molecule has 0 aliphatic heterocycles. The molecule has 2 amide bonds. The number of carboxylic acids is 1. The maximum atomic E-state index is 11.9. The molecule has 8 nitrogen and oxygen atoms in total. The second-order valence-corrected chi connectivity index (χ2v) is 4.82. The summed E-state index contributed by atoms with van der Waals surface area (Å²) in [4.78, 5) is 33.8. The maximum Gasteiger partial charge on any atom is 0.322 e. The van der Waals surface area contributed by atoms with Crippen LogP contribution in [-0.2, 0) is 20.8 Å². The number of phenols is 1. The molecule has 0 aliphatic carbocycles. The topological polar surface area (TPSA) is 142 Å². The fourth-order valence-corrected chi connectivity index (χ4v) is 1.68. The summed E-state index contributed by atoms with van der Waals surface area (Å²) in [5, 5.41) is 22.2. The quantitative estimate of drug-likeness (QED) is 0.436. The normalized spacial score (nSPS) is 13.0. The van der Waals surface area contributed by atoms with Crippen LogP contribution in [-0.4, -0.2) is 46.6 Å².